The average molecular weight is 340 g/mol. The fourth-order valence-corrected chi connectivity index (χ4v) is 3.13. The molecule has 0 unspecified atom stereocenters. The Hall–Kier alpha value is -1.20. The number of Topliss-reactive ketones (excluding diaryl/α,β-unsaturated/α-hetero) is 1. The minimum atomic E-state index is -0.879. The topological polar surface area (TPSA) is 66.4 Å². The second kappa shape index (κ2) is 11.4. The Morgan fingerprint density at radius 3 is 2.39 bits per heavy atom. The summed E-state index contributed by atoms with van der Waals surface area (Å²) in [5, 5.41) is 14.3. The summed E-state index contributed by atoms with van der Waals surface area (Å²) in [6.07, 6.45) is 7.52. The SMILES string of the molecule is CCCCCCCCCC(=O)[C@@H](NC(=O)c1cccs1)[C@H](C)O. The van der Waals surface area contributed by atoms with Gasteiger partial charge in [-0.2, -0.15) is 0 Å². The summed E-state index contributed by atoms with van der Waals surface area (Å²) in [5.41, 5.74) is 0. The van der Waals surface area contributed by atoms with E-state index >= 15 is 0 Å². The summed E-state index contributed by atoms with van der Waals surface area (Å²) in [5.74, 6) is -0.378. The smallest absolute Gasteiger partial charge is 0.262 e. The maximum Gasteiger partial charge on any atom is 0.262 e. The van der Waals surface area contributed by atoms with Crippen molar-refractivity contribution in [1.82, 2.24) is 5.32 Å². The van der Waals surface area contributed by atoms with E-state index in [1.807, 2.05) is 5.38 Å². The van der Waals surface area contributed by atoms with Crippen molar-refractivity contribution >= 4 is 23.0 Å². The van der Waals surface area contributed by atoms with Gasteiger partial charge in [0.1, 0.15) is 6.04 Å². The van der Waals surface area contributed by atoms with E-state index in [0.717, 1.165) is 19.3 Å². The van der Waals surface area contributed by atoms with Crippen LogP contribution in [0.4, 0.5) is 0 Å². The Balaban J connectivity index is 2.33. The highest BCUT2D eigenvalue weighted by Gasteiger charge is 2.25. The number of carbonyl (C=O) groups is 2. The average Bonchev–Trinajstić information content (AvgIpc) is 3.05. The van der Waals surface area contributed by atoms with Crippen LogP contribution in [0, 0.1) is 0 Å². The molecule has 1 aromatic heterocycles. The molecule has 1 heterocycles. The Morgan fingerprint density at radius 2 is 1.83 bits per heavy atom. The quantitative estimate of drug-likeness (QED) is 0.567. The van der Waals surface area contributed by atoms with Crippen LogP contribution in [0.1, 0.15) is 74.9 Å². The number of amides is 1. The molecule has 0 aliphatic carbocycles. The lowest BCUT2D eigenvalue weighted by Gasteiger charge is -2.20. The van der Waals surface area contributed by atoms with Gasteiger partial charge in [0, 0.05) is 6.42 Å². The van der Waals surface area contributed by atoms with Gasteiger partial charge >= 0.3 is 0 Å². The van der Waals surface area contributed by atoms with E-state index in [0.29, 0.717) is 11.3 Å². The van der Waals surface area contributed by atoms with Gasteiger partial charge in [-0.05, 0) is 24.8 Å². The predicted molar refractivity (Wildman–Crippen MR) is 94.9 cm³/mol. The largest absolute Gasteiger partial charge is 0.391 e. The first-order chi connectivity index (χ1) is 11.1. The van der Waals surface area contributed by atoms with E-state index in [1.54, 1.807) is 19.1 Å². The van der Waals surface area contributed by atoms with Gasteiger partial charge in [0.05, 0.1) is 11.0 Å². The first kappa shape index (κ1) is 19.8. The molecule has 0 saturated carbocycles. The Morgan fingerprint density at radius 1 is 1.17 bits per heavy atom. The molecular weight excluding hydrogens is 310 g/mol. The van der Waals surface area contributed by atoms with Gasteiger partial charge in [0.25, 0.3) is 5.91 Å². The molecule has 23 heavy (non-hydrogen) atoms. The summed E-state index contributed by atoms with van der Waals surface area (Å²) in [6.45, 7) is 3.74. The normalized spacial score (nSPS) is 13.5. The van der Waals surface area contributed by atoms with Crippen LogP contribution in [0.15, 0.2) is 17.5 Å². The third-order valence-corrected chi connectivity index (χ3v) is 4.76. The lowest BCUT2D eigenvalue weighted by atomic mass is 10.0. The molecule has 2 N–H and O–H groups in total. The van der Waals surface area contributed by atoms with Crippen molar-refractivity contribution in [2.75, 3.05) is 0 Å². The molecule has 0 aliphatic rings. The van der Waals surface area contributed by atoms with Gasteiger partial charge in [0.2, 0.25) is 0 Å². The van der Waals surface area contributed by atoms with Crippen molar-refractivity contribution in [2.45, 2.75) is 77.4 Å². The zero-order chi connectivity index (χ0) is 17.1. The van der Waals surface area contributed by atoms with E-state index in [9.17, 15) is 14.7 Å². The van der Waals surface area contributed by atoms with E-state index in [-0.39, 0.29) is 11.7 Å². The highest BCUT2D eigenvalue weighted by Crippen LogP contribution is 2.12. The first-order valence-electron chi connectivity index (χ1n) is 8.61. The van der Waals surface area contributed by atoms with Crippen LogP contribution in [0.2, 0.25) is 0 Å². The number of rotatable bonds is 12. The van der Waals surface area contributed by atoms with Gasteiger partial charge in [0.15, 0.2) is 5.78 Å². The van der Waals surface area contributed by atoms with Crippen LogP contribution in [0.3, 0.4) is 0 Å². The summed E-state index contributed by atoms with van der Waals surface area (Å²) < 4.78 is 0. The van der Waals surface area contributed by atoms with Crippen molar-refractivity contribution < 1.29 is 14.7 Å². The van der Waals surface area contributed by atoms with Crippen LogP contribution in [-0.4, -0.2) is 28.9 Å². The van der Waals surface area contributed by atoms with Crippen molar-refractivity contribution in [3.05, 3.63) is 22.4 Å². The van der Waals surface area contributed by atoms with E-state index < -0.39 is 12.1 Å². The Bertz CT molecular complexity index is 457. The molecule has 1 rings (SSSR count). The number of ketones is 1. The number of aliphatic hydroxyl groups is 1. The molecular formula is C18H29NO3S. The third-order valence-electron chi connectivity index (χ3n) is 3.89. The number of unbranched alkanes of at least 4 members (excludes halogenated alkanes) is 6. The van der Waals surface area contributed by atoms with E-state index in [2.05, 4.69) is 12.2 Å². The highest BCUT2D eigenvalue weighted by atomic mass is 32.1. The fraction of sp³-hybridized carbons (Fsp3) is 0.667. The number of hydrogen-bond acceptors (Lipinski definition) is 4. The molecule has 0 spiro atoms. The minimum absolute atomic E-state index is 0.0848. The molecule has 1 amide bonds. The zero-order valence-corrected chi connectivity index (χ0v) is 15.0. The second-order valence-corrected chi connectivity index (χ2v) is 6.95. The molecule has 0 aliphatic heterocycles. The second-order valence-electron chi connectivity index (χ2n) is 6.01. The van der Waals surface area contributed by atoms with Gasteiger partial charge in [-0.3, -0.25) is 9.59 Å². The lowest BCUT2D eigenvalue weighted by Crippen LogP contribution is -2.47. The van der Waals surface area contributed by atoms with Gasteiger partial charge < -0.3 is 10.4 Å². The van der Waals surface area contributed by atoms with Gasteiger partial charge in [-0.15, -0.1) is 11.3 Å². The summed E-state index contributed by atoms with van der Waals surface area (Å²) in [6, 6.07) is 2.68. The lowest BCUT2D eigenvalue weighted by molar-refractivity contribution is -0.123. The highest BCUT2D eigenvalue weighted by molar-refractivity contribution is 7.12. The third kappa shape index (κ3) is 7.75. The van der Waals surface area contributed by atoms with Crippen molar-refractivity contribution in [3.8, 4) is 0 Å². The van der Waals surface area contributed by atoms with E-state index in [1.165, 1.54) is 37.0 Å². The van der Waals surface area contributed by atoms with Crippen LogP contribution >= 0.6 is 11.3 Å². The summed E-state index contributed by atoms with van der Waals surface area (Å²) in [7, 11) is 0. The number of thiophene rings is 1. The Labute approximate surface area is 143 Å². The van der Waals surface area contributed by atoms with Gasteiger partial charge in [-0.1, -0.05) is 51.5 Å². The fourth-order valence-electron chi connectivity index (χ4n) is 2.50. The number of nitrogens with one attached hydrogen (secondary N) is 1. The monoisotopic (exact) mass is 339 g/mol. The predicted octanol–water partition coefficient (Wildman–Crippen LogP) is 3.94. The molecule has 1 aromatic rings. The molecule has 4 nitrogen and oxygen atoms in total. The molecule has 130 valence electrons. The maximum atomic E-state index is 12.3. The summed E-state index contributed by atoms with van der Waals surface area (Å²) in [4.78, 5) is 24.8. The molecule has 0 fully saturated rings. The molecule has 2 atom stereocenters. The molecule has 0 saturated heterocycles. The molecule has 0 aromatic carbocycles. The molecule has 0 radical (unpaired) electrons. The van der Waals surface area contributed by atoms with Crippen LogP contribution in [-0.2, 0) is 4.79 Å². The van der Waals surface area contributed by atoms with E-state index in [4.69, 9.17) is 0 Å². The Kier molecular flexibility index (Phi) is 9.80. The van der Waals surface area contributed by atoms with Crippen LogP contribution in [0.5, 0.6) is 0 Å². The zero-order valence-electron chi connectivity index (χ0n) is 14.2. The van der Waals surface area contributed by atoms with Crippen LogP contribution < -0.4 is 5.32 Å². The molecule has 0 bridgehead atoms. The van der Waals surface area contributed by atoms with Gasteiger partial charge in [-0.25, -0.2) is 0 Å². The number of hydrogen-bond donors (Lipinski definition) is 2. The number of carbonyl (C=O) groups excluding carboxylic acids is 2. The first-order valence-corrected chi connectivity index (χ1v) is 9.49. The maximum absolute atomic E-state index is 12.3. The van der Waals surface area contributed by atoms with Crippen molar-refractivity contribution in [3.63, 3.8) is 0 Å². The van der Waals surface area contributed by atoms with Crippen LogP contribution in [0.25, 0.3) is 0 Å². The minimum Gasteiger partial charge on any atom is -0.391 e. The number of aliphatic hydroxyl groups excluding tert-OH is 1. The molecule has 5 heteroatoms. The summed E-state index contributed by atoms with van der Waals surface area (Å²) >= 11 is 1.32. The van der Waals surface area contributed by atoms with Crippen molar-refractivity contribution in [1.29, 1.82) is 0 Å². The van der Waals surface area contributed by atoms with Crippen molar-refractivity contribution in [2.24, 2.45) is 0 Å². The standard InChI is InChI=1S/C18H29NO3S/c1-3-4-5-6-7-8-9-11-15(21)17(14(2)20)19-18(22)16-12-10-13-23-16/h10,12-14,17,20H,3-9,11H2,1-2H3,(H,19,22)/t14-,17-/m0/s1.